The van der Waals surface area contributed by atoms with Crippen LogP contribution in [0.15, 0.2) is 6.33 Å². The largest absolute Gasteiger partial charge is 0.321 e. The highest BCUT2D eigenvalue weighted by molar-refractivity contribution is 4.96. The molecule has 1 aromatic heterocycles. The van der Waals surface area contributed by atoms with Crippen molar-refractivity contribution in [3.05, 3.63) is 12.2 Å². The monoisotopic (exact) mass is 152 g/mol. The lowest BCUT2D eigenvalue weighted by Crippen LogP contribution is -2.27. The summed E-state index contributed by atoms with van der Waals surface area (Å²) in [6.07, 6.45) is 2.60. The van der Waals surface area contributed by atoms with Crippen LogP contribution in [0.5, 0.6) is 0 Å². The van der Waals surface area contributed by atoms with E-state index in [9.17, 15) is 0 Å². The van der Waals surface area contributed by atoms with E-state index in [1.165, 1.54) is 0 Å². The molecule has 0 saturated carbocycles. The minimum Gasteiger partial charge on any atom is -0.321 e. The first kappa shape index (κ1) is 6.79. The van der Waals surface area contributed by atoms with Gasteiger partial charge < -0.3 is 5.73 Å². The van der Waals surface area contributed by atoms with Gasteiger partial charge in [0.1, 0.15) is 12.2 Å². The standard InChI is InChI=1S/C7H12N4/c1-5-2-6(8)7-9-4-10-11(7)3-5/h4-6H,2-3,8H2,1H3. The van der Waals surface area contributed by atoms with Crippen LogP contribution in [0, 0.1) is 5.92 Å². The molecule has 0 radical (unpaired) electrons. The molecule has 4 heteroatoms. The van der Waals surface area contributed by atoms with Crippen LogP contribution in [0.1, 0.15) is 25.2 Å². The number of hydrogen-bond acceptors (Lipinski definition) is 3. The molecule has 4 nitrogen and oxygen atoms in total. The van der Waals surface area contributed by atoms with Crippen LogP contribution in [0.3, 0.4) is 0 Å². The van der Waals surface area contributed by atoms with Crippen molar-refractivity contribution in [1.29, 1.82) is 0 Å². The number of hydrogen-bond donors (Lipinski definition) is 1. The maximum Gasteiger partial charge on any atom is 0.143 e. The lowest BCUT2D eigenvalue weighted by molar-refractivity contribution is 0.325. The molecule has 0 saturated heterocycles. The second-order valence-corrected chi connectivity index (χ2v) is 3.25. The minimum absolute atomic E-state index is 0.0845. The fourth-order valence-corrected chi connectivity index (χ4v) is 1.61. The molecule has 1 aromatic rings. The first-order valence-corrected chi connectivity index (χ1v) is 3.90. The summed E-state index contributed by atoms with van der Waals surface area (Å²) < 4.78 is 1.90. The predicted octanol–water partition coefficient (Wildman–Crippen LogP) is 0.318. The van der Waals surface area contributed by atoms with Gasteiger partial charge in [0.05, 0.1) is 6.04 Å². The Kier molecular flexibility index (Phi) is 1.42. The normalized spacial score (nSPS) is 30.0. The van der Waals surface area contributed by atoms with Gasteiger partial charge in [0.2, 0.25) is 0 Å². The first-order chi connectivity index (χ1) is 5.27. The van der Waals surface area contributed by atoms with Crippen LogP contribution in [0.25, 0.3) is 0 Å². The summed E-state index contributed by atoms with van der Waals surface area (Å²) in [5.74, 6) is 1.56. The maximum absolute atomic E-state index is 5.86. The van der Waals surface area contributed by atoms with Gasteiger partial charge in [-0.1, -0.05) is 6.92 Å². The van der Waals surface area contributed by atoms with Gasteiger partial charge in [0.25, 0.3) is 0 Å². The summed E-state index contributed by atoms with van der Waals surface area (Å²) >= 11 is 0. The van der Waals surface area contributed by atoms with E-state index in [0.717, 1.165) is 18.8 Å². The van der Waals surface area contributed by atoms with Gasteiger partial charge in [-0.2, -0.15) is 5.10 Å². The van der Waals surface area contributed by atoms with Gasteiger partial charge in [-0.3, -0.25) is 0 Å². The molecule has 2 rings (SSSR count). The predicted molar refractivity (Wildman–Crippen MR) is 40.7 cm³/mol. The zero-order chi connectivity index (χ0) is 7.84. The van der Waals surface area contributed by atoms with Crippen LogP contribution in [0.4, 0.5) is 0 Å². The molecule has 1 aliphatic heterocycles. The van der Waals surface area contributed by atoms with Crippen molar-refractivity contribution < 1.29 is 0 Å². The van der Waals surface area contributed by atoms with Gasteiger partial charge in [-0.25, -0.2) is 9.67 Å². The quantitative estimate of drug-likeness (QED) is 0.582. The van der Waals surface area contributed by atoms with Crippen molar-refractivity contribution in [3.8, 4) is 0 Å². The third kappa shape index (κ3) is 1.03. The third-order valence-corrected chi connectivity index (χ3v) is 2.12. The van der Waals surface area contributed by atoms with E-state index in [0.29, 0.717) is 5.92 Å². The topological polar surface area (TPSA) is 56.7 Å². The van der Waals surface area contributed by atoms with Gasteiger partial charge in [0, 0.05) is 6.54 Å². The highest BCUT2D eigenvalue weighted by Gasteiger charge is 2.22. The van der Waals surface area contributed by atoms with E-state index in [2.05, 4.69) is 17.0 Å². The smallest absolute Gasteiger partial charge is 0.143 e. The molecule has 2 heterocycles. The van der Waals surface area contributed by atoms with E-state index < -0.39 is 0 Å². The Morgan fingerprint density at radius 1 is 1.73 bits per heavy atom. The van der Waals surface area contributed by atoms with Gasteiger partial charge in [-0.05, 0) is 12.3 Å². The van der Waals surface area contributed by atoms with E-state index >= 15 is 0 Å². The highest BCUT2D eigenvalue weighted by atomic mass is 15.3. The first-order valence-electron chi connectivity index (χ1n) is 3.90. The summed E-state index contributed by atoms with van der Waals surface area (Å²) in [5, 5.41) is 4.08. The number of aromatic nitrogens is 3. The number of rotatable bonds is 0. The Balaban J connectivity index is 2.36. The van der Waals surface area contributed by atoms with E-state index in [4.69, 9.17) is 5.73 Å². The Morgan fingerprint density at radius 2 is 2.55 bits per heavy atom. The molecular weight excluding hydrogens is 140 g/mol. The van der Waals surface area contributed by atoms with E-state index in [1.807, 2.05) is 4.68 Å². The fraction of sp³-hybridized carbons (Fsp3) is 0.714. The van der Waals surface area contributed by atoms with E-state index in [1.54, 1.807) is 6.33 Å². The van der Waals surface area contributed by atoms with Crippen molar-refractivity contribution in [2.24, 2.45) is 11.7 Å². The molecule has 2 unspecified atom stereocenters. The minimum atomic E-state index is 0.0845. The molecule has 11 heavy (non-hydrogen) atoms. The maximum atomic E-state index is 5.86. The van der Waals surface area contributed by atoms with Crippen molar-refractivity contribution in [2.75, 3.05) is 0 Å². The number of fused-ring (bicyclic) bond motifs is 1. The second-order valence-electron chi connectivity index (χ2n) is 3.25. The average molecular weight is 152 g/mol. The Bertz CT molecular complexity index is 255. The summed E-state index contributed by atoms with van der Waals surface area (Å²) in [4.78, 5) is 4.10. The van der Waals surface area contributed by atoms with Crippen LogP contribution in [-0.2, 0) is 6.54 Å². The lowest BCUT2D eigenvalue weighted by atomic mass is 9.98. The van der Waals surface area contributed by atoms with Crippen LogP contribution >= 0.6 is 0 Å². The van der Waals surface area contributed by atoms with Crippen LogP contribution < -0.4 is 5.73 Å². The molecule has 1 aliphatic rings. The molecule has 0 fully saturated rings. The second kappa shape index (κ2) is 2.30. The summed E-state index contributed by atoms with van der Waals surface area (Å²) in [6.45, 7) is 3.15. The highest BCUT2D eigenvalue weighted by Crippen LogP contribution is 2.23. The van der Waals surface area contributed by atoms with Gasteiger partial charge >= 0.3 is 0 Å². The van der Waals surface area contributed by atoms with Crippen molar-refractivity contribution in [1.82, 2.24) is 14.8 Å². The van der Waals surface area contributed by atoms with Crippen molar-refractivity contribution >= 4 is 0 Å². The summed E-state index contributed by atoms with van der Waals surface area (Å²) in [7, 11) is 0. The zero-order valence-electron chi connectivity index (χ0n) is 6.57. The van der Waals surface area contributed by atoms with Crippen LogP contribution in [-0.4, -0.2) is 14.8 Å². The Morgan fingerprint density at radius 3 is 3.36 bits per heavy atom. The Labute approximate surface area is 65.4 Å². The average Bonchev–Trinajstić information content (AvgIpc) is 2.34. The molecule has 0 aliphatic carbocycles. The number of nitrogens with two attached hydrogens (primary N) is 1. The SMILES string of the molecule is CC1CC(N)c2ncnn2C1. The Hall–Kier alpha value is -0.900. The summed E-state index contributed by atoms with van der Waals surface area (Å²) in [5.41, 5.74) is 5.86. The number of nitrogens with zero attached hydrogens (tertiary/aromatic N) is 3. The molecule has 0 bridgehead atoms. The zero-order valence-corrected chi connectivity index (χ0v) is 6.57. The van der Waals surface area contributed by atoms with Gasteiger partial charge in [0.15, 0.2) is 0 Å². The molecular formula is C7H12N4. The molecule has 60 valence electrons. The molecule has 0 aromatic carbocycles. The van der Waals surface area contributed by atoms with Gasteiger partial charge in [-0.15, -0.1) is 0 Å². The van der Waals surface area contributed by atoms with Crippen molar-refractivity contribution in [2.45, 2.75) is 25.9 Å². The lowest BCUT2D eigenvalue weighted by Gasteiger charge is -2.23. The third-order valence-electron chi connectivity index (χ3n) is 2.12. The fourth-order valence-electron chi connectivity index (χ4n) is 1.61. The molecule has 2 N–H and O–H groups in total. The molecule has 0 amide bonds. The van der Waals surface area contributed by atoms with Crippen LogP contribution in [0.2, 0.25) is 0 Å². The van der Waals surface area contributed by atoms with E-state index in [-0.39, 0.29) is 6.04 Å². The molecule has 0 spiro atoms. The molecule has 2 atom stereocenters. The summed E-state index contributed by atoms with van der Waals surface area (Å²) in [6, 6.07) is 0.0845. The van der Waals surface area contributed by atoms with Crippen molar-refractivity contribution in [3.63, 3.8) is 0 Å².